The van der Waals surface area contributed by atoms with Gasteiger partial charge in [0.15, 0.2) is 0 Å². The number of anilines is 1. The fourth-order valence-electron chi connectivity index (χ4n) is 3.29. The summed E-state index contributed by atoms with van der Waals surface area (Å²) in [7, 11) is 1.69. The van der Waals surface area contributed by atoms with Crippen LogP contribution in [-0.4, -0.2) is 24.6 Å². The Morgan fingerprint density at radius 1 is 0.933 bits per heavy atom. The zero-order valence-corrected chi connectivity index (χ0v) is 19.2. The van der Waals surface area contributed by atoms with Crippen LogP contribution in [0.25, 0.3) is 21.2 Å². The molecule has 6 heteroatoms. The third-order valence-corrected chi connectivity index (χ3v) is 6.28. The molecule has 1 aromatic heterocycles. The van der Waals surface area contributed by atoms with E-state index in [0.29, 0.717) is 0 Å². The maximum atomic E-state index is 5.22. The largest absolute Gasteiger partial charge is 0.497 e. The number of nitrogens with zero attached hydrogens (tertiary/aromatic N) is 1. The van der Waals surface area contributed by atoms with E-state index in [-0.39, 0.29) is 0 Å². The molecular weight excluding hydrogens is 458 g/mol. The first kappa shape index (κ1) is 20.8. The number of hydrogen-bond acceptors (Lipinski definition) is 5. The molecular formula is C24H24BrN3OS. The van der Waals surface area contributed by atoms with Crippen molar-refractivity contribution in [2.45, 2.75) is 13.0 Å². The van der Waals surface area contributed by atoms with Crippen molar-refractivity contribution in [3.8, 4) is 16.9 Å². The van der Waals surface area contributed by atoms with Crippen molar-refractivity contribution >= 4 is 43.4 Å². The molecule has 4 aromatic rings. The van der Waals surface area contributed by atoms with Gasteiger partial charge in [-0.1, -0.05) is 52.3 Å². The van der Waals surface area contributed by atoms with Crippen LogP contribution in [0.2, 0.25) is 0 Å². The summed E-state index contributed by atoms with van der Waals surface area (Å²) in [4.78, 5) is 0. The van der Waals surface area contributed by atoms with Crippen LogP contribution < -0.4 is 15.4 Å². The zero-order chi connectivity index (χ0) is 20.8. The Morgan fingerprint density at radius 3 is 2.40 bits per heavy atom. The van der Waals surface area contributed by atoms with Crippen LogP contribution in [-0.2, 0) is 6.54 Å². The number of ether oxygens (including phenoxy) is 1. The number of halogens is 1. The van der Waals surface area contributed by atoms with E-state index in [9.17, 15) is 0 Å². The summed E-state index contributed by atoms with van der Waals surface area (Å²) >= 11 is 5.07. The van der Waals surface area contributed by atoms with Gasteiger partial charge in [-0.2, -0.15) is 4.37 Å². The fourth-order valence-corrected chi connectivity index (χ4v) is 4.39. The van der Waals surface area contributed by atoms with E-state index in [1.54, 1.807) is 7.11 Å². The lowest BCUT2D eigenvalue weighted by molar-refractivity contribution is 0.415. The number of aromatic nitrogens is 1. The molecule has 4 nitrogen and oxygen atoms in total. The highest BCUT2D eigenvalue weighted by Crippen LogP contribution is 2.29. The first-order valence-electron chi connectivity index (χ1n) is 9.96. The van der Waals surface area contributed by atoms with E-state index in [1.807, 2.05) is 12.1 Å². The minimum atomic E-state index is 0.871. The van der Waals surface area contributed by atoms with Gasteiger partial charge in [0.2, 0.25) is 0 Å². The normalized spacial score (nSPS) is 11.0. The Balaban J connectivity index is 1.20. The Hall–Kier alpha value is -2.41. The number of fused-ring (bicyclic) bond motifs is 1. The van der Waals surface area contributed by atoms with Crippen molar-refractivity contribution in [1.29, 1.82) is 0 Å². The molecule has 0 spiro atoms. The molecule has 1 heterocycles. The smallest absolute Gasteiger partial charge is 0.147 e. The van der Waals surface area contributed by atoms with Gasteiger partial charge in [-0.3, -0.25) is 0 Å². The molecule has 2 N–H and O–H groups in total. The first-order chi connectivity index (χ1) is 14.7. The predicted molar refractivity (Wildman–Crippen MR) is 131 cm³/mol. The highest BCUT2D eigenvalue weighted by atomic mass is 79.9. The second kappa shape index (κ2) is 10.1. The maximum absolute atomic E-state index is 5.22. The Bertz CT molecular complexity index is 1090. The van der Waals surface area contributed by atoms with Crippen LogP contribution in [0.4, 0.5) is 5.82 Å². The van der Waals surface area contributed by atoms with E-state index in [0.717, 1.165) is 42.1 Å². The second-order valence-corrected chi connectivity index (χ2v) is 8.77. The quantitative estimate of drug-likeness (QED) is 0.274. The molecule has 0 radical (unpaired) electrons. The molecule has 0 bridgehead atoms. The van der Waals surface area contributed by atoms with Crippen molar-refractivity contribution < 1.29 is 4.74 Å². The fraction of sp³-hybridized carbons (Fsp3) is 0.208. The lowest BCUT2D eigenvalue weighted by Crippen LogP contribution is -2.17. The summed E-state index contributed by atoms with van der Waals surface area (Å²) in [6.45, 7) is 2.73. The van der Waals surface area contributed by atoms with Gasteiger partial charge in [0, 0.05) is 22.9 Å². The average Bonchev–Trinajstić information content (AvgIpc) is 3.18. The van der Waals surface area contributed by atoms with Crippen molar-refractivity contribution in [1.82, 2.24) is 9.69 Å². The molecule has 3 aromatic carbocycles. The SMILES string of the molecule is COc1ccc(-c2ccc(CNCCCNc3nsc4ccc(Br)cc34)cc2)cc1. The Labute approximate surface area is 189 Å². The van der Waals surface area contributed by atoms with E-state index in [2.05, 4.69) is 85.5 Å². The van der Waals surface area contributed by atoms with Crippen LogP contribution >= 0.6 is 27.5 Å². The topological polar surface area (TPSA) is 46.2 Å². The van der Waals surface area contributed by atoms with Gasteiger partial charge in [0.1, 0.15) is 11.6 Å². The van der Waals surface area contributed by atoms with Gasteiger partial charge in [0.25, 0.3) is 0 Å². The number of rotatable bonds is 9. The molecule has 0 fully saturated rings. The minimum absolute atomic E-state index is 0.871. The van der Waals surface area contributed by atoms with Crippen LogP contribution in [0.15, 0.2) is 71.2 Å². The van der Waals surface area contributed by atoms with Crippen molar-refractivity contribution in [3.05, 3.63) is 76.8 Å². The lowest BCUT2D eigenvalue weighted by Gasteiger charge is -2.08. The molecule has 0 saturated heterocycles. The van der Waals surface area contributed by atoms with Gasteiger partial charge in [-0.25, -0.2) is 0 Å². The molecule has 0 aliphatic carbocycles. The summed E-state index contributed by atoms with van der Waals surface area (Å²) in [5.74, 6) is 1.86. The lowest BCUT2D eigenvalue weighted by atomic mass is 10.0. The number of nitrogens with one attached hydrogen (secondary N) is 2. The predicted octanol–water partition coefficient (Wildman–Crippen LogP) is 6.33. The van der Waals surface area contributed by atoms with Crippen LogP contribution in [0.5, 0.6) is 5.75 Å². The van der Waals surface area contributed by atoms with E-state index in [1.165, 1.54) is 38.3 Å². The number of hydrogen-bond donors (Lipinski definition) is 2. The molecule has 0 unspecified atom stereocenters. The van der Waals surface area contributed by atoms with Crippen LogP contribution in [0, 0.1) is 0 Å². The molecule has 0 aliphatic rings. The first-order valence-corrected chi connectivity index (χ1v) is 11.5. The van der Waals surface area contributed by atoms with Crippen molar-refractivity contribution in [3.63, 3.8) is 0 Å². The van der Waals surface area contributed by atoms with Crippen LogP contribution in [0.3, 0.4) is 0 Å². The second-order valence-electron chi connectivity index (χ2n) is 7.05. The van der Waals surface area contributed by atoms with Crippen molar-refractivity contribution in [2.75, 3.05) is 25.5 Å². The summed E-state index contributed by atoms with van der Waals surface area (Å²) in [5.41, 5.74) is 3.70. The highest BCUT2D eigenvalue weighted by molar-refractivity contribution is 9.10. The van der Waals surface area contributed by atoms with Crippen molar-refractivity contribution in [2.24, 2.45) is 0 Å². The highest BCUT2D eigenvalue weighted by Gasteiger charge is 2.05. The molecule has 0 saturated carbocycles. The zero-order valence-electron chi connectivity index (χ0n) is 16.8. The summed E-state index contributed by atoms with van der Waals surface area (Å²) in [6, 6.07) is 23.1. The molecule has 0 amide bonds. The monoisotopic (exact) mass is 481 g/mol. The summed E-state index contributed by atoms with van der Waals surface area (Å²) < 4.78 is 12.0. The van der Waals surface area contributed by atoms with E-state index in [4.69, 9.17) is 4.74 Å². The number of benzene rings is 3. The van der Waals surface area contributed by atoms with Gasteiger partial charge in [0.05, 0.1) is 11.8 Å². The van der Waals surface area contributed by atoms with E-state index < -0.39 is 0 Å². The average molecular weight is 482 g/mol. The molecule has 154 valence electrons. The third kappa shape index (κ3) is 5.19. The maximum Gasteiger partial charge on any atom is 0.147 e. The van der Waals surface area contributed by atoms with Gasteiger partial charge >= 0.3 is 0 Å². The van der Waals surface area contributed by atoms with Gasteiger partial charge in [-0.15, -0.1) is 0 Å². The number of methoxy groups -OCH3 is 1. The molecule has 0 atom stereocenters. The molecule has 4 rings (SSSR count). The van der Waals surface area contributed by atoms with Gasteiger partial charge in [-0.05, 0) is 71.5 Å². The Kier molecular flexibility index (Phi) is 7.00. The third-order valence-electron chi connectivity index (χ3n) is 4.96. The Morgan fingerprint density at radius 2 is 1.67 bits per heavy atom. The summed E-state index contributed by atoms with van der Waals surface area (Å²) in [6.07, 6.45) is 1.04. The minimum Gasteiger partial charge on any atom is -0.497 e. The molecule has 30 heavy (non-hydrogen) atoms. The summed E-state index contributed by atoms with van der Waals surface area (Å²) in [5, 5.41) is 8.16. The molecule has 0 aliphatic heterocycles. The van der Waals surface area contributed by atoms with E-state index >= 15 is 0 Å². The standard InChI is InChI=1S/C24H24BrN3OS/c1-29-21-10-7-19(8-11-21)18-5-3-17(4-6-18)16-26-13-2-14-27-24-22-15-20(25)9-12-23(22)30-28-24/h3-12,15,26H,2,13-14,16H2,1H3,(H,27,28). The van der Waals surface area contributed by atoms with Crippen LogP contribution in [0.1, 0.15) is 12.0 Å². The van der Waals surface area contributed by atoms with Gasteiger partial charge < -0.3 is 15.4 Å².